The summed E-state index contributed by atoms with van der Waals surface area (Å²) in [6.07, 6.45) is 6.78. The lowest BCUT2D eigenvalue weighted by atomic mass is 10.1. The minimum atomic E-state index is -0.407. The number of halogens is 1. The summed E-state index contributed by atoms with van der Waals surface area (Å²) in [6, 6.07) is 7.37. The van der Waals surface area contributed by atoms with Gasteiger partial charge in [-0.05, 0) is 46.1 Å². The number of hydrogen-bond acceptors (Lipinski definition) is 6. The average molecular weight is 436 g/mol. The molecule has 1 atom stereocenters. The van der Waals surface area contributed by atoms with Gasteiger partial charge < -0.3 is 4.90 Å². The van der Waals surface area contributed by atoms with Gasteiger partial charge in [0.1, 0.15) is 11.1 Å². The Hall–Kier alpha value is -3.22. The van der Waals surface area contributed by atoms with Gasteiger partial charge >= 0.3 is 0 Å². The number of hydrogen-bond donors (Lipinski definition) is 0. The van der Waals surface area contributed by atoms with E-state index in [1.807, 2.05) is 44.2 Å². The molecule has 0 aromatic carbocycles. The summed E-state index contributed by atoms with van der Waals surface area (Å²) >= 11 is 1.18. The molecule has 9 heteroatoms. The normalized spacial score (nSPS) is 12.4. The van der Waals surface area contributed by atoms with Crippen LogP contribution in [-0.4, -0.2) is 49.4 Å². The number of likely N-dealkylation sites (N-methyl/N-ethyl adjacent to an activating group) is 1. The zero-order valence-corrected chi connectivity index (χ0v) is 18.6. The maximum Gasteiger partial charge on any atom is 0.155 e. The summed E-state index contributed by atoms with van der Waals surface area (Å²) in [4.78, 5) is 7.00. The molecule has 0 N–H and O–H groups in total. The highest BCUT2D eigenvalue weighted by atomic mass is 32.2. The fourth-order valence-electron chi connectivity index (χ4n) is 3.27. The third-order valence-electron chi connectivity index (χ3n) is 5.36. The van der Waals surface area contributed by atoms with Crippen LogP contribution in [0.15, 0.2) is 52.9 Å². The van der Waals surface area contributed by atoms with E-state index < -0.39 is 5.82 Å². The Bertz CT molecular complexity index is 1280. The van der Waals surface area contributed by atoms with Crippen molar-refractivity contribution in [2.45, 2.75) is 36.4 Å². The Kier molecular flexibility index (Phi) is 5.76. The molecule has 0 amide bonds. The SMILES string of the molecule is Cc1c(-c2cc(Sc3ncccc3F)c3c(C#N)cnn3c2)cnn1C[C@@H](C)N(C)C. The van der Waals surface area contributed by atoms with Crippen LogP contribution in [-0.2, 0) is 6.54 Å². The first-order valence-corrected chi connectivity index (χ1v) is 10.6. The van der Waals surface area contributed by atoms with Gasteiger partial charge in [-0.25, -0.2) is 13.9 Å². The molecule has 0 aliphatic carbocycles. The highest BCUT2D eigenvalue weighted by molar-refractivity contribution is 7.99. The molecule has 0 aliphatic rings. The summed E-state index contributed by atoms with van der Waals surface area (Å²) in [7, 11) is 4.09. The molecule has 0 radical (unpaired) electrons. The number of fused-ring (bicyclic) bond motifs is 1. The summed E-state index contributed by atoms with van der Waals surface area (Å²) in [5.74, 6) is -0.407. The van der Waals surface area contributed by atoms with Crippen LogP contribution < -0.4 is 0 Å². The Morgan fingerprint density at radius 1 is 1.29 bits per heavy atom. The number of rotatable bonds is 6. The van der Waals surface area contributed by atoms with E-state index >= 15 is 0 Å². The van der Waals surface area contributed by atoms with Crippen LogP contribution in [0.3, 0.4) is 0 Å². The first-order valence-electron chi connectivity index (χ1n) is 9.78. The maximum absolute atomic E-state index is 14.3. The van der Waals surface area contributed by atoms with E-state index in [1.54, 1.807) is 16.8 Å². The van der Waals surface area contributed by atoms with Crippen molar-refractivity contribution in [3.63, 3.8) is 0 Å². The lowest BCUT2D eigenvalue weighted by Crippen LogP contribution is -2.29. The van der Waals surface area contributed by atoms with Crippen molar-refractivity contribution in [2.24, 2.45) is 0 Å². The topological polar surface area (TPSA) is 75.0 Å². The lowest BCUT2D eigenvalue weighted by Gasteiger charge is -2.20. The second kappa shape index (κ2) is 8.49. The Balaban J connectivity index is 1.81. The van der Waals surface area contributed by atoms with Gasteiger partial charge in [0, 0.05) is 40.2 Å². The molecule has 0 saturated heterocycles. The van der Waals surface area contributed by atoms with Gasteiger partial charge in [0.25, 0.3) is 0 Å². The van der Waals surface area contributed by atoms with Crippen LogP contribution in [0.2, 0.25) is 0 Å². The summed E-state index contributed by atoms with van der Waals surface area (Å²) in [5, 5.41) is 18.7. The van der Waals surface area contributed by atoms with E-state index in [2.05, 4.69) is 33.1 Å². The molecule has 158 valence electrons. The maximum atomic E-state index is 14.3. The largest absolute Gasteiger partial charge is 0.305 e. The van der Waals surface area contributed by atoms with Gasteiger partial charge in [0.2, 0.25) is 0 Å². The van der Waals surface area contributed by atoms with E-state index in [9.17, 15) is 9.65 Å². The van der Waals surface area contributed by atoms with Crippen molar-refractivity contribution in [1.82, 2.24) is 29.3 Å². The molecule has 0 saturated carbocycles. The Morgan fingerprint density at radius 3 is 2.81 bits per heavy atom. The molecule has 0 bridgehead atoms. The number of nitriles is 1. The molecule has 7 nitrogen and oxygen atoms in total. The van der Waals surface area contributed by atoms with Gasteiger partial charge in [-0.3, -0.25) is 4.68 Å². The number of pyridine rings is 2. The van der Waals surface area contributed by atoms with E-state index in [0.29, 0.717) is 22.0 Å². The van der Waals surface area contributed by atoms with Crippen molar-refractivity contribution in [2.75, 3.05) is 14.1 Å². The third kappa shape index (κ3) is 4.04. The predicted molar refractivity (Wildman–Crippen MR) is 117 cm³/mol. The van der Waals surface area contributed by atoms with Crippen LogP contribution in [0.1, 0.15) is 18.2 Å². The van der Waals surface area contributed by atoms with Crippen LogP contribution in [0, 0.1) is 24.1 Å². The van der Waals surface area contributed by atoms with E-state index in [4.69, 9.17) is 0 Å². The fraction of sp³-hybridized carbons (Fsp3) is 0.273. The highest BCUT2D eigenvalue weighted by Crippen LogP contribution is 2.36. The molecule has 0 aliphatic heterocycles. The van der Waals surface area contributed by atoms with Crippen LogP contribution in [0.25, 0.3) is 16.6 Å². The van der Waals surface area contributed by atoms with E-state index in [0.717, 1.165) is 23.4 Å². The Morgan fingerprint density at radius 2 is 2.10 bits per heavy atom. The first kappa shape index (κ1) is 21.0. The second-order valence-corrected chi connectivity index (χ2v) is 8.62. The van der Waals surface area contributed by atoms with Crippen molar-refractivity contribution in [3.05, 3.63) is 60.1 Å². The molecule has 4 rings (SSSR count). The van der Waals surface area contributed by atoms with Crippen molar-refractivity contribution in [3.8, 4) is 17.2 Å². The number of aromatic nitrogens is 5. The van der Waals surface area contributed by atoms with Crippen molar-refractivity contribution < 1.29 is 4.39 Å². The second-order valence-electron chi connectivity index (χ2n) is 7.59. The minimum absolute atomic E-state index is 0.249. The molecule has 4 aromatic rings. The molecule has 4 heterocycles. The standard InChI is InChI=1S/C22H22FN7S/c1-14(28(3)4)12-29-15(2)18(11-27-29)16-8-20(31-22-19(23)6-5-7-25-22)21-17(9-24)10-26-30(21)13-16/h5-8,10-11,13-14H,12H2,1-4H3/t14-/m1/s1. The number of nitrogens with zero attached hydrogens (tertiary/aromatic N) is 7. The van der Waals surface area contributed by atoms with Gasteiger partial charge in [-0.2, -0.15) is 15.5 Å². The molecule has 0 spiro atoms. The third-order valence-corrected chi connectivity index (χ3v) is 6.39. The van der Waals surface area contributed by atoms with Crippen LogP contribution in [0.5, 0.6) is 0 Å². The zero-order chi connectivity index (χ0) is 22.1. The molecule has 4 aromatic heterocycles. The minimum Gasteiger partial charge on any atom is -0.305 e. The molecule has 0 fully saturated rings. The van der Waals surface area contributed by atoms with Crippen molar-refractivity contribution in [1.29, 1.82) is 5.26 Å². The van der Waals surface area contributed by atoms with Gasteiger partial charge in [-0.15, -0.1) is 0 Å². The summed E-state index contributed by atoms with van der Waals surface area (Å²) < 4.78 is 17.9. The van der Waals surface area contributed by atoms with Crippen molar-refractivity contribution >= 4 is 17.3 Å². The van der Waals surface area contributed by atoms with E-state index in [-0.39, 0.29) is 5.03 Å². The quantitative estimate of drug-likeness (QED) is 0.456. The van der Waals surface area contributed by atoms with Gasteiger partial charge in [0.05, 0.1) is 30.0 Å². The van der Waals surface area contributed by atoms with E-state index in [1.165, 1.54) is 24.0 Å². The Labute approximate surface area is 184 Å². The smallest absolute Gasteiger partial charge is 0.155 e. The first-order chi connectivity index (χ1) is 14.9. The van der Waals surface area contributed by atoms with Gasteiger partial charge in [0.15, 0.2) is 5.82 Å². The van der Waals surface area contributed by atoms with Crippen LogP contribution in [0.4, 0.5) is 4.39 Å². The summed E-state index contributed by atoms with van der Waals surface area (Å²) in [5.41, 5.74) is 3.94. The molecule has 0 unspecified atom stereocenters. The summed E-state index contributed by atoms with van der Waals surface area (Å²) in [6.45, 7) is 4.95. The molecular weight excluding hydrogens is 413 g/mol. The zero-order valence-electron chi connectivity index (χ0n) is 17.7. The monoisotopic (exact) mass is 435 g/mol. The van der Waals surface area contributed by atoms with Crippen LogP contribution >= 0.6 is 11.8 Å². The molecule has 31 heavy (non-hydrogen) atoms. The van der Waals surface area contributed by atoms with Gasteiger partial charge in [-0.1, -0.05) is 11.8 Å². The predicted octanol–water partition coefficient (Wildman–Crippen LogP) is 4.01. The fourth-order valence-corrected chi connectivity index (χ4v) is 4.24. The highest BCUT2D eigenvalue weighted by Gasteiger charge is 2.18. The lowest BCUT2D eigenvalue weighted by molar-refractivity contribution is 0.274. The average Bonchev–Trinajstić information content (AvgIpc) is 3.33. The molecular formula is C22H22FN7S.